The molecule has 0 saturated heterocycles. The van der Waals surface area contributed by atoms with Crippen LogP contribution in [0.3, 0.4) is 0 Å². The molecule has 31 heavy (non-hydrogen) atoms. The first-order valence-corrected chi connectivity index (χ1v) is 10.6. The van der Waals surface area contributed by atoms with E-state index in [1.165, 1.54) is 0 Å². The van der Waals surface area contributed by atoms with Crippen LogP contribution in [0.2, 0.25) is 5.02 Å². The average Bonchev–Trinajstić information content (AvgIpc) is 3.22. The lowest BCUT2D eigenvalue weighted by Crippen LogP contribution is -2.15. The van der Waals surface area contributed by atoms with Crippen LogP contribution in [0.5, 0.6) is 5.75 Å². The number of nitrogens with zero attached hydrogens (tertiary/aromatic N) is 3. The Labute approximate surface area is 193 Å². The molecule has 0 spiro atoms. The highest BCUT2D eigenvalue weighted by molar-refractivity contribution is 9.10. The van der Waals surface area contributed by atoms with E-state index < -0.39 is 5.91 Å². The van der Waals surface area contributed by atoms with E-state index in [1.807, 2.05) is 61.5 Å². The fourth-order valence-electron chi connectivity index (χ4n) is 3.11. The van der Waals surface area contributed by atoms with E-state index in [9.17, 15) is 4.79 Å². The van der Waals surface area contributed by atoms with Gasteiger partial charge in [0.15, 0.2) is 5.82 Å². The smallest absolute Gasteiger partial charge is 0.295 e. The summed E-state index contributed by atoms with van der Waals surface area (Å²) >= 11 is 9.78. The predicted octanol–water partition coefficient (Wildman–Crippen LogP) is 5.92. The van der Waals surface area contributed by atoms with Crippen LogP contribution in [0.15, 0.2) is 71.2 Å². The summed E-state index contributed by atoms with van der Waals surface area (Å²) in [5, 5.41) is 7.94. The Hall–Kier alpha value is -3.16. The summed E-state index contributed by atoms with van der Waals surface area (Å²) in [6.45, 7) is 1.90. The number of anilines is 1. The molecule has 4 rings (SSSR count). The highest BCUT2D eigenvalue weighted by atomic mass is 79.9. The summed E-state index contributed by atoms with van der Waals surface area (Å²) in [5.41, 5.74) is 2.93. The zero-order valence-electron chi connectivity index (χ0n) is 16.8. The molecule has 0 aliphatic heterocycles. The molecule has 0 aliphatic rings. The Morgan fingerprint density at radius 1 is 1.06 bits per heavy atom. The van der Waals surface area contributed by atoms with Crippen LogP contribution >= 0.6 is 27.5 Å². The third kappa shape index (κ3) is 4.33. The summed E-state index contributed by atoms with van der Waals surface area (Å²) in [5.74, 6) is 0.668. The topological polar surface area (TPSA) is 69.0 Å². The van der Waals surface area contributed by atoms with Gasteiger partial charge in [0, 0.05) is 15.1 Å². The molecule has 4 aromatic rings. The second kappa shape index (κ2) is 8.91. The molecule has 0 aliphatic carbocycles. The second-order valence-electron chi connectivity index (χ2n) is 6.72. The quantitative estimate of drug-likeness (QED) is 0.372. The minimum atomic E-state index is -0.443. The summed E-state index contributed by atoms with van der Waals surface area (Å²) in [4.78, 5) is 17.5. The zero-order chi connectivity index (χ0) is 22.0. The molecule has 6 nitrogen and oxygen atoms in total. The van der Waals surface area contributed by atoms with Gasteiger partial charge in [-0.2, -0.15) is 0 Å². The van der Waals surface area contributed by atoms with Gasteiger partial charge in [0.2, 0.25) is 5.82 Å². The molecule has 0 bridgehead atoms. The van der Waals surface area contributed by atoms with Crippen LogP contribution in [-0.4, -0.2) is 27.8 Å². The monoisotopic (exact) mass is 496 g/mol. The van der Waals surface area contributed by atoms with Crippen molar-refractivity contribution in [2.75, 3.05) is 12.4 Å². The molecule has 3 aromatic carbocycles. The molecular weight excluding hydrogens is 480 g/mol. The van der Waals surface area contributed by atoms with Crippen molar-refractivity contribution in [3.63, 3.8) is 0 Å². The lowest BCUT2D eigenvalue weighted by molar-refractivity contribution is 0.101. The number of rotatable bonds is 5. The number of benzene rings is 3. The molecule has 156 valence electrons. The number of para-hydroxylation sites is 2. The number of nitrogens with one attached hydrogen (secondary N) is 1. The fourth-order valence-corrected chi connectivity index (χ4v) is 3.55. The van der Waals surface area contributed by atoms with Crippen LogP contribution in [-0.2, 0) is 0 Å². The molecule has 1 heterocycles. The van der Waals surface area contributed by atoms with Gasteiger partial charge in [0.25, 0.3) is 5.91 Å². The summed E-state index contributed by atoms with van der Waals surface area (Å²) in [7, 11) is 1.55. The van der Waals surface area contributed by atoms with Gasteiger partial charge in [-0.05, 0) is 48.9 Å². The molecule has 0 unspecified atom stereocenters. The maximum atomic E-state index is 13.0. The summed E-state index contributed by atoms with van der Waals surface area (Å²) in [6, 6.07) is 20.3. The number of amides is 1. The van der Waals surface area contributed by atoms with Crippen LogP contribution in [0.1, 0.15) is 16.2 Å². The maximum Gasteiger partial charge on any atom is 0.295 e. The van der Waals surface area contributed by atoms with E-state index in [0.717, 1.165) is 21.3 Å². The Kier molecular flexibility index (Phi) is 6.06. The van der Waals surface area contributed by atoms with Crippen molar-refractivity contribution < 1.29 is 9.53 Å². The standard InChI is InChI=1S/C23H18BrClN4O2/c1-14-17(25)6-5-8-19(14)29-22(15-10-12-16(24)13-11-15)27-21(28-29)23(30)26-18-7-3-4-9-20(18)31-2/h3-13H,1-2H3,(H,26,30). The SMILES string of the molecule is COc1ccccc1NC(=O)c1nc(-c2ccc(Br)cc2)n(-c2cccc(Cl)c2C)n1. The first kappa shape index (κ1) is 21.1. The maximum absolute atomic E-state index is 13.0. The number of methoxy groups -OCH3 is 1. The zero-order valence-corrected chi connectivity index (χ0v) is 19.1. The first-order chi connectivity index (χ1) is 15.0. The highest BCUT2D eigenvalue weighted by Crippen LogP contribution is 2.28. The third-order valence-corrected chi connectivity index (χ3v) is 5.67. The van der Waals surface area contributed by atoms with Gasteiger partial charge < -0.3 is 10.1 Å². The molecule has 1 N–H and O–H groups in total. The number of carbonyl (C=O) groups excluding carboxylic acids is 1. The van der Waals surface area contributed by atoms with E-state index in [-0.39, 0.29) is 5.82 Å². The van der Waals surface area contributed by atoms with Gasteiger partial charge in [-0.25, -0.2) is 9.67 Å². The van der Waals surface area contributed by atoms with Crippen molar-refractivity contribution in [3.05, 3.63) is 87.6 Å². The van der Waals surface area contributed by atoms with Gasteiger partial charge in [0.1, 0.15) is 5.75 Å². The molecule has 1 amide bonds. The molecule has 0 atom stereocenters. The van der Waals surface area contributed by atoms with E-state index in [2.05, 4.69) is 31.3 Å². The number of ether oxygens (including phenoxy) is 1. The third-order valence-electron chi connectivity index (χ3n) is 4.74. The second-order valence-corrected chi connectivity index (χ2v) is 8.04. The molecule has 1 aromatic heterocycles. The number of carbonyl (C=O) groups is 1. The van der Waals surface area contributed by atoms with Crippen molar-refractivity contribution in [2.45, 2.75) is 6.92 Å². The fraction of sp³-hybridized carbons (Fsp3) is 0.0870. The number of hydrogen-bond donors (Lipinski definition) is 1. The van der Waals surface area contributed by atoms with Crippen molar-refractivity contribution in [3.8, 4) is 22.8 Å². The van der Waals surface area contributed by atoms with Crippen LogP contribution in [0.25, 0.3) is 17.1 Å². The van der Waals surface area contributed by atoms with Crippen molar-refractivity contribution >= 4 is 39.1 Å². The van der Waals surface area contributed by atoms with Gasteiger partial charge >= 0.3 is 0 Å². The summed E-state index contributed by atoms with van der Waals surface area (Å²) in [6.07, 6.45) is 0. The van der Waals surface area contributed by atoms with Crippen LogP contribution in [0.4, 0.5) is 5.69 Å². The largest absolute Gasteiger partial charge is 0.495 e. The first-order valence-electron chi connectivity index (χ1n) is 9.41. The minimum absolute atomic E-state index is 0.0307. The molecule has 0 radical (unpaired) electrons. The van der Waals surface area contributed by atoms with Crippen molar-refractivity contribution in [1.29, 1.82) is 0 Å². The van der Waals surface area contributed by atoms with Crippen LogP contribution in [0, 0.1) is 6.92 Å². The number of hydrogen-bond acceptors (Lipinski definition) is 4. The lowest BCUT2D eigenvalue weighted by Gasteiger charge is -2.10. The molecule has 0 saturated carbocycles. The lowest BCUT2D eigenvalue weighted by atomic mass is 10.1. The van der Waals surface area contributed by atoms with Gasteiger partial charge in [-0.15, -0.1) is 5.10 Å². The summed E-state index contributed by atoms with van der Waals surface area (Å²) < 4.78 is 7.89. The Bertz CT molecular complexity index is 1250. The van der Waals surface area contributed by atoms with Crippen molar-refractivity contribution in [2.24, 2.45) is 0 Å². The van der Waals surface area contributed by atoms with Crippen LogP contribution < -0.4 is 10.1 Å². The van der Waals surface area contributed by atoms with E-state index >= 15 is 0 Å². The van der Waals surface area contributed by atoms with Gasteiger partial charge in [0.05, 0.1) is 18.5 Å². The van der Waals surface area contributed by atoms with Crippen molar-refractivity contribution in [1.82, 2.24) is 14.8 Å². The Morgan fingerprint density at radius 3 is 2.55 bits per heavy atom. The van der Waals surface area contributed by atoms with Gasteiger partial charge in [-0.1, -0.05) is 57.9 Å². The van der Waals surface area contributed by atoms with Gasteiger partial charge in [-0.3, -0.25) is 4.79 Å². The molecule has 8 heteroatoms. The minimum Gasteiger partial charge on any atom is -0.495 e. The number of aromatic nitrogens is 3. The van der Waals surface area contributed by atoms with E-state index in [4.69, 9.17) is 16.3 Å². The Balaban J connectivity index is 1.80. The molecule has 0 fully saturated rings. The van der Waals surface area contributed by atoms with E-state index in [1.54, 1.807) is 23.9 Å². The normalized spacial score (nSPS) is 10.7. The highest BCUT2D eigenvalue weighted by Gasteiger charge is 2.21. The van der Waals surface area contributed by atoms with E-state index in [0.29, 0.717) is 22.3 Å². The number of halogens is 2. The Morgan fingerprint density at radius 2 is 1.81 bits per heavy atom. The molecular formula is C23H18BrClN4O2. The average molecular weight is 498 g/mol. The predicted molar refractivity (Wildman–Crippen MR) is 125 cm³/mol.